The number of unbranched alkanes of at least 4 members (excludes halogenated alkanes) is 13. The van der Waals surface area contributed by atoms with E-state index in [1.807, 2.05) is 6.08 Å². The van der Waals surface area contributed by atoms with Gasteiger partial charge in [0.15, 0.2) is 0 Å². The van der Waals surface area contributed by atoms with Crippen molar-refractivity contribution >= 4 is 12.6 Å². The number of allylic oxidation sites excluding steroid dienone is 2. The second-order valence-corrected chi connectivity index (χ2v) is 6.20. The Morgan fingerprint density at radius 3 is 1.43 bits per heavy atom. The second-order valence-electron chi connectivity index (χ2n) is 6.20. The summed E-state index contributed by atoms with van der Waals surface area (Å²) in [4.78, 5) is 19.8. The third-order valence-corrected chi connectivity index (χ3v) is 3.86. The van der Waals surface area contributed by atoms with Crippen molar-refractivity contribution in [3.63, 3.8) is 0 Å². The van der Waals surface area contributed by atoms with Gasteiger partial charge in [-0.05, 0) is 25.3 Å². The molecule has 0 radical (unpaired) electrons. The number of carbonyl (C=O) groups excluding carboxylic acids is 2. The molecule has 136 valence electrons. The molecule has 0 aromatic heterocycles. The molecule has 0 spiro atoms. The number of aldehydes is 2. The van der Waals surface area contributed by atoms with Crippen LogP contribution in [0.4, 0.5) is 0 Å². The van der Waals surface area contributed by atoms with E-state index in [1.54, 1.807) is 6.08 Å². The van der Waals surface area contributed by atoms with Crippen molar-refractivity contribution in [1.29, 1.82) is 0 Å². The van der Waals surface area contributed by atoms with Gasteiger partial charge in [0.05, 0.1) is 0 Å². The predicted molar refractivity (Wildman–Crippen MR) is 102 cm³/mol. The van der Waals surface area contributed by atoms with Gasteiger partial charge in [-0.25, -0.2) is 0 Å². The molecule has 0 aliphatic rings. The number of hydrogen-bond acceptors (Lipinski definition) is 2. The molecule has 23 heavy (non-hydrogen) atoms. The Kier molecular flexibility index (Phi) is 27.5. The maximum absolute atomic E-state index is 9.94. The lowest BCUT2D eigenvalue weighted by Gasteiger charge is -1.97. The highest BCUT2D eigenvalue weighted by molar-refractivity contribution is 5.64. The van der Waals surface area contributed by atoms with Crippen molar-refractivity contribution in [1.82, 2.24) is 0 Å². The molecular weight excluding hydrogens is 284 g/mol. The van der Waals surface area contributed by atoms with Gasteiger partial charge in [-0.1, -0.05) is 90.6 Å². The monoisotopic (exact) mass is 324 g/mol. The molecule has 0 N–H and O–H groups in total. The molecule has 0 aliphatic heterocycles. The van der Waals surface area contributed by atoms with Gasteiger partial charge in [-0.2, -0.15) is 0 Å². The zero-order valence-electron chi connectivity index (χ0n) is 15.7. The highest BCUT2D eigenvalue weighted by Gasteiger charge is 1.89. The van der Waals surface area contributed by atoms with Crippen LogP contribution in [0, 0.1) is 0 Å². The van der Waals surface area contributed by atoms with Gasteiger partial charge in [-0.15, -0.1) is 0 Å². The fourth-order valence-corrected chi connectivity index (χ4v) is 2.38. The van der Waals surface area contributed by atoms with Crippen molar-refractivity contribution in [2.45, 2.75) is 110 Å². The molecule has 0 fully saturated rings. The Labute approximate surface area is 145 Å². The van der Waals surface area contributed by atoms with Crippen LogP contribution in [-0.4, -0.2) is 12.6 Å². The van der Waals surface area contributed by atoms with Gasteiger partial charge >= 0.3 is 0 Å². The molecule has 2 heteroatoms. The quantitative estimate of drug-likeness (QED) is 0.177. The summed E-state index contributed by atoms with van der Waals surface area (Å²) < 4.78 is 0. The molecule has 0 bridgehead atoms. The van der Waals surface area contributed by atoms with Crippen LogP contribution in [0.3, 0.4) is 0 Å². The van der Waals surface area contributed by atoms with Crippen molar-refractivity contribution < 1.29 is 9.59 Å². The topological polar surface area (TPSA) is 34.1 Å². The van der Waals surface area contributed by atoms with Crippen molar-refractivity contribution in [2.75, 3.05) is 0 Å². The molecule has 0 amide bonds. The summed E-state index contributed by atoms with van der Waals surface area (Å²) in [6.07, 6.45) is 24.2. The van der Waals surface area contributed by atoms with Crippen LogP contribution < -0.4 is 0 Å². The summed E-state index contributed by atoms with van der Waals surface area (Å²) in [5, 5.41) is 0. The zero-order chi connectivity index (χ0) is 17.4. The molecule has 0 aliphatic carbocycles. The van der Waals surface area contributed by atoms with Gasteiger partial charge in [0.25, 0.3) is 0 Å². The van der Waals surface area contributed by atoms with Gasteiger partial charge in [0, 0.05) is 6.42 Å². The summed E-state index contributed by atoms with van der Waals surface area (Å²) in [5.74, 6) is 0. The minimum absolute atomic E-state index is 0.758. The summed E-state index contributed by atoms with van der Waals surface area (Å²) in [6, 6.07) is 0. The maximum Gasteiger partial charge on any atom is 0.142 e. The van der Waals surface area contributed by atoms with Crippen LogP contribution in [0.15, 0.2) is 12.2 Å². The third-order valence-electron chi connectivity index (χ3n) is 3.86. The predicted octanol–water partition coefficient (Wildman–Crippen LogP) is 6.82. The van der Waals surface area contributed by atoms with E-state index in [2.05, 4.69) is 13.8 Å². The first-order valence-electron chi connectivity index (χ1n) is 9.87. The summed E-state index contributed by atoms with van der Waals surface area (Å²) in [7, 11) is 0. The fourth-order valence-electron chi connectivity index (χ4n) is 2.38. The van der Waals surface area contributed by atoms with E-state index in [1.165, 1.54) is 77.0 Å². The lowest BCUT2D eigenvalue weighted by Crippen LogP contribution is -1.80. The average molecular weight is 325 g/mol. The molecule has 0 unspecified atom stereocenters. The zero-order valence-corrected chi connectivity index (χ0v) is 15.7. The third kappa shape index (κ3) is 29.7. The Bertz CT molecular complexity index is 246. The lowest BCUT2D eigenvalue weighted by atomic mass is 10.1. The highest BCUT2D eigenvalue weighted by Crippen LogP contribution is 2.07. The van der Waals surface area contributed by atoms with Crippen molar-refractivity contribution in [2.24, 2.45) is 0 Å². The molecular formula is C21H40O2. The standard InChI is InChI=1S/C11H20O.C10H20O/c1-2-3-4-5-6-7-8-9-10-11-12;1-2-3-4-5-6-7-8-9-10-11/h9-11H,2-8H2,1H3;10H,2-9H2,1H3/b10-9-;. The first kappa shape index (κ1) is 24.3. The molecule has 0 heterocycles. The number of carbonyl (C=O) groups is 2. The lowest BCUT2D eigenvalue weighted by molar-refractivity contribution is -0.108. The van der Waals surface area contributed by atoms with E-state index in [0.717, 1.165) is 31.8 Å². The van der Waals surface area contributed by atoms with E-state index in [4.69, 9.17) is 0 Å². The molecule has 0 atom stereocenters. The molecule has 0 saturated heterocycles. The van der Waals surface area contributed by atoms with Crippen LogP contribution >= 0.6 is 0 Å². The van der Waals surface area contributed by atoms with Crippen LogP contribution in [0.5, 0.6) is 0 Å². The van der Waals surface area contributed by atoms with Crippen LogP contribution in [0.25, 0.3) is 0 Å². The molecule has 0 aromatic carbocycles. The van der Waals surface area contributed by atoms with Gasteiger partial charge < -0.3 is 4.79 Å². The Morgan fingerprint density at radius 1 is 0.565 bits per heavy atom. The largest absolute Gasteiger partial charge is 0.303 e. The second kappa shape index (κ2) is 26.0. The normalized spacial score (nSPS) is 10.3. The molecule has 0 rings (SSSR count). The molecule has 0 saturated carbocycles. The maximum atomic E-state index is 9.94. The van der Waals surface area contributed by atoms with Crippen LogP contribution in [-0.2, 0) is 9.59 Å². The van der Waals surface area contributed by atoms with E-state index in [9.17, 15) is 9.59 Å². The summed E-state index contributed by atoms with van der Waals surface area (Å²) >= 11 is 0. The minimum atomic E-state index is 0.758. The van der Waals surface area contributed by atoms with Gasteiger partial charge in [0.1, 0.15) is 12.6 Å². The Morgan fingerprint density at radius 2 is 1.00 bits per heavy atom. The van der Waals surface area contributed by atoms with Crippen LogP contribution in [0.2, 0.25) is 0 Å². The van der Waals surface area contributed by atoms with E-state index in [0.29, 0.717) is 0 Å². The van der Waals surface area contributed by atoms with E-state index < -0.39 is 0 Å². The van der Waals surface area contributed by atoms with Crippen molar-refractivity contribution in [3.05, 3.63) is 12.2 Å². The van der Waals surface area contributed by atoms with E-state index in [-0.39, 0.29) is 0 Å². The average Bonchev–Trinajstić information content (AvgIpc) is 2.57. The van der Waals surface area contributed by atoms with Gasteiger partial charge in [0.2, 0.25) is 0 Å². The van der Waals surface area contributed by atoms with E-state index >= 15 is 0 Å². The summed E-state index contributed by atoms with van der Waals surface area (Å²) in [5.41, 5.74) is 0. The molecule has 2 nitrogen and oxygen atoms in total. The first-order chi connectivity index (χ1) is 11.3. The fraction of sp³-hybridized carbons (Fsp3) is 0.810. The first-order valence-corrected chi connectivity index (χ1v) is 9.87. The SMILES string of the molecule is CCCCCCCC/C=C\C=O.CCCCCCCCCC=O. The van der Waals surface area contributed by atoms with Crippen LogP contribution in [0.1, 0.15) is 110 Å². The van der Waals surface area contributed by atoms with Crippen molar-refractivity contribution in [3.8, 4) is 0 Å². The highest BCUT2D eigenvalue weighted by atomic mass is 16.1. The van der Waals surface area contributed by atoms with Gasteiger partial charge in [-0.3, -0.25) is 4.79 Å². The smallest absolute Gasteiger partial charge is 0.142 e. The number of rotatable bonds is 16. The molecule has 0 aromatic rings. The Balaban J connectivity index is 0. The Hall–Kier alpha value is -0.920. The summed E-state index contributed by atoms with van der Waals surface area (Å²) in [6.45, 7) is 4.46. The number of hydrogen-bond donors (Lipinski definition) is 0. The minimum Gasteiger partial charge on any atom is -0.303 e.